The molecule has 0 radical (unpaired) electrons. The number of H-pyrrole nitrogens is 1. The summed E-state index contributed by atoms with van der Waals surface area (Å²) in [4.78, 5) is 28.4. The average molecular weight is 402 g/mol. The average Bonchev–Trinajstić information content (AvgIpc) is 3.51. The second-order valence-corrected chi connectivity index (χ2v) is 8.31. The van der Waals surface area contributed by atoms with E-state index in [9.17, 15) is 9.59 Å². The summed E-state index contributed by atoms with van der Waals surface area (Å²) in [5.74, 6) is -0.153. The van der Waals surface area contributed by atoms with Crippen LogP contribution in [0.15, 0.2) is 42.5 Å². The van der Waals surface area contributed by atoms with E-state index in [2.05, 4.69) is 20.9 Å². The molecule has 1 heterocycles. The van der Waals surface area contributed by atoms with Crippen molar-refractivity contribution in [3.8, 4) is 0 Å². The molecule has 3 amide bonds. The Morgan fingerprint density at radius 2 is 1.70 bits per heavy atom. The number of nitrogens with one attached hydrogen (secondary N) is 4. The maximum absolute atomic E-state index is 12.9. The lowest BCUT2D eigenvalue weighted by Crippen LogP contribution is -2.30. The van der Waals surface area contributed by atoms with E-state index < -0.39 is 0 Å². The fourth-order valence-electron chi connectivity index (χ4n) is 4.18. The van der Waals surface area contributed by atoms with E-state index in [1.165, 1.54) is 30.5 Å². The molecule has 1 saturated carbocycles. The fraction of sp³-hybridized carbons (Fsp3) is 0.333. The van der Waals surface area contributed by atoms with Gasteiger partial charge in [-0.05, 0) is 80.5 Å². The number of anilines is 2. The third-order valence-electron chi connectivity index (χ3n) is 5.90. The van der Waals surface area contributed by atoms with Gasteiger partial charge in [0.05, 0.1) is 0 Å². The lowest BCUT2D eigenvalue weighted by atomic mass is 10.0. The van der Waals surface area contributed by atoms with Crippen LogP contribution in [-0.4, -0.2) is 23.0 Å². The Morgan fingerprint density at radius 3 is 2.53 bits per heavy atom. The van der Waals surface area contributed by atoms with Gasteiger partial charge in [-0.3, -0.25) is 4.79 Å². The van der Waals surface area contributed by atoms with Gasteiger partial charge in [0.2, 0.25) is 0 Å². The SMILES string of the molecule is O=C(Nc1cccc(NC(=O)c2ccc3[nH]c4c(c3c2)CCCCC4)c1)NC1CC1. The molecule has 5 rings (SSSR count). The number of fused-ring (bicyclic) bond motifs is 3. The summed E-state index contributed by atoms with van der Waals surface area (Å²) < 4.78 is 0. The number of urea groups is 1. The number of hydrogen-bond acceptors (Lipinski definition) is 2. The van der Waals surface area contributed by atoms with Crippen LogP contribution in [-0.2, 0) is 12.8 Å². The van der Waals surface area contributed by atoms with E-state index in [1.54, 1.807) is 6.07 Å². The number of benzene rings is 2. The van der Waals surface area contributed by atoms with Crippen LogP contribution in [0.25, 0.3) is 10.9 Å². The second kappa shape index (κ2) is 7.86. The Morgan fingerprint density at radius 1 is 0.900 bits per heavy atom. The van der Waals surface area contributed by atoms with Gasteiger partial charge < -0.3 is 20.9 Å². The fourth-order valence-corrected chi connectivity index (χ4v) is 4.18. The maximum Gasteiger partial charge on any atom is 0.319 e. The van der Waals surface area contributed by atoms with Gasteiger partial charge in [0, 0.05) is 39.6 Å². The van der Waals surface area contributed by atoms with Gasteiger partial charge in [0.25, 0.3) is 5.91 Å². The predicted molar refractivity (Wildman–Crippen MR) is 119 cm³/mol. The Labute approximate surface area is 175 Å². The van der Waals surface area contributed by atoms with Gasteiger partial charge in [0.1, 0.15) is 0 Å². The summed E-state index contributed by atoms with van der Waals surface area (Å²) in [6.07, 6.45) is 7.90. The highest BCUT2D eigenvalue weighted by atomic mass is 16.2. The van der Waals surface area contributed by atoms with Crippen LogP contribution in [0.1, 0.15) is 53.7 Å². The molecule has 0 spiro atoms. The van der Waals surface area contributed by atoms with Crippen LogP contribution >= 0.6 is 0 Å². The molecule has 0 saturated heterocycles. The van der Waals surface area contributed by atoms with Crippen molar-refractivity contribution in [3.63, 3.8) is 0 Å². The van der Waals surface area contributed by atoms with Gasteiger partial charge in [-0.2, -0.15) is 0 Å². The zero-order valence-corrected chi connectivity index (χ0v) is 16.9. The summed E-state index contributed by atoms with van der Waals surface area (Å²) in [5, 5.41) is 9.83. The standard InChI is InChI=1S/C24H26N4O2/c29-23(25-17-5-4-6-18(14-17)27-24(30)26-16-10-11-16)15-9-12-22-20(13-15)19-7-2-1-3-8-21(19)28-22/h4-6,9,12-14,16,28H,1-3,7-8,10-11H2,(H,25,29)(H2,26,27,30). The van der Waals surface area contributed by atoms with Crippen molar-refractivity contribution in [2.24, 2.45) is 0 Å². The molecule has 0 bridgehead atoms. The summed E-state index contributed by atoms with van der Waals surface area (Å²) >= 11 is 0. The van der Waals surface area contributed by atoms with Crippen LogP contribution in [0, 0.1) is 0 Å². The number of carbonyl (C=O) groups is 2. The van der Waals surface area contributed by atoms with Crippen molar-refractivity contribution >= 4 is 34.2 Å². The lowest BCUT2D eigenvalue weighted by Gasteiger charge is -2.10. The summed E-state index contributed by atoms with van der Waals surface area (Å²) in [7, 11) is 0. The number of aryl methyl sites for hydroxylation is 2. The topological polar surface area (TPSA) is 86.0 Å². The molecule has 0 aliphatic heterocycles. The zero-order chi connectivity index (χ0) is 20.5. The molecule has 6 heteroatoms. The minimum atomic E-state index is -0.209. The smallest absolute Gasteiger partial charge is 0.319 e. The first-order valence-electron chi connectivity index (χ1n) is 10.8. The van der Waals surface area contributed by atoms with Crippen molar-refractivity contribution < 1.29 is 9.59 Å². The molecular formula is C24H26N4O2. The Hall–Kier alpha value is -3.28. The number of carbonyl (C=O) groups excluding carboxylic acids is 2. The largest absolute Gasteiger partial charge is 0.358 e. The summed E-state index contributed by atoms with van der Waals surface area (Å²) in [6.45, 7) is 0. The van der Waals surface area contributed by atoms with E-state index in [0.29, 0.717) is 23.0 Å². The molecule has 4 N–H and O–H groups in total. The van der Waals surface area contributed by atoms with Crippen LogP contribution in [0.2, 0.25) is 0 Å². The number of rotatable bonds is 4. The van der Waals surface area contributed by atoms with Crippen LogP contribution in [0.3, 0.4) is 0 Å². The number of aromatic amines is 1. The van der Waals surface area contributed by atoms with Gasteiger partial charge in [0.15, 0.2) is 0 Å². The van der Waals surface area contributed by atoms with Gasteiger partial charge in [-0.15, -0.1) is 0 Å². The highest BCUT2D eigenvalue weighted by Crippen LogP contribution is 2.29. The number of hydrogen-bond donors (Lipinski definition) is 4. The van der Waals surface area contributed by atoms with Crippen molar-refractivity contribution in [3.05, 3.63) is 59.3 Å². The van der Waals surface area contributed by atoms with Crippen LogP contribution in [0.4, 0.5) is 16.2 Å². The molecule has 0 atom stereocenters. The van der Waals surface area contributed by atoms with E-state index in [0.717, 1.165) is 36.6 Å². The highest BCUT2D eigenvalue weighted by Gasteiger charge is 2.23. The molecule has 154 valence electrons. The van der Waals surface area contributed by atoms with Crippen molar-refractivity contribution in [1.29, 1.82) is 0 Å². The van der Waals surface area contributed by atoms with Crippen molar-refractivity contribution in [1.82, 2.24) is 10.3 Å². The first kappa shape index (κ1) is 18.7. The minimum Gasteiger partial charge on any atom is -0.358 e. The van der Waals surface area contributed by atoms with Crippen LogP contribution in [0.5, 0.6) is 0 Å². The normalized spacial score (nSPS) is 15.9. The molecule has 2 aromatic carbocycles. The Bertz CT molecular complexity index is 1110. The predicted octanol–water partition coefficient (Wildman–Crippen LogP) is 4.97. The molecule has 1 aromatic heterocycles. The molecule has 0 unspecified atom stereocenters. The Balaban J connectivity index is 1.32. The van der Waals surface area contributed by atoms with E-state index >= 15 is 0 Å². The van der Waals surface area contributed by atoms with E-state index in [-0.39, 0.29) is 11.9 Å². The van der Waals surface area contributed by atoms with E-state index in [1.807, 2.05) is 36.4 Å². The minimum absolute atomic E-state index is 0.153. The molecule has 2 aliphatic rings. The third-order valence-corrected chi connectivity index (χ3v) is 5.90. The summed E-state index contributed by atoms with van der Waals surface area (Å²) in [5.41, 5.74) is 5.73. The summed E-state index contributed by atoms with van der Waals surface area (Å²) in [6, 6.07) is 13.2. The van der Waals surface area contributed by atoms with Crippen molar-refractivity contribution in [2.75, 3.05) is 10.6 Å². The molecule has 2 aliphatic carbocycles. The van der Waals surface area contributed by atoms with Gasteiger partial charge in [-0.1, -0.05) is 12.5 Å². The molecule has 30 heavy (non-hydrogen) atoms. The monoisotopic (exact) mass is 402 g/mol. The van der Waals surface area contributed by atoms with Crippen molar-refractivity contribution in [2.45, 2.75) is 51.0 Å². The zero-order valence-electron chi connectivity index (χ0n) is 16.9. The molecule has 3 aromatic rings. The quantitative estimate of drug-likeness (QED) is 0.464. The molecular weight excluding hydrogens is 376 g/mol. The first-order valence-corrected chi connectivity index (χ1v) is 10.8. The molecule has 6 nitrogen and oxygen atoms in total. The first-order chi connectivity index (χ1) is 14.7. The molecule has 1 fully saturated rings. The second-order valence-electron chi connectivity index (χ2n) is 8.31. The Kier molecular flexibility index (Phi) is 4.91. The van der Waals surface area contributed by atoms with E-state index in [4.69, 9.17) is 0 Å². The highest BCUT2D eigenvalue weighted by molar-refractivity contribution is 6.07. The van der Waals surface area contributed by atoms with Gasteiger partial charge in [-0.25, -0.2) is 4.79 Å². The van der Waals surface area contributed by atoms with Crippen LogP contribution < -0.4 is 16.0 Å². The lowest BCUT2D eigenvalue weighted by molar-refractivity contribution is 0.102. The van der Waals surface area contributed by atoms with Gasteiger partial charge >= 0.3 is 6.03 Å². The third kappa shape index (κ3) is 4.03. The maximum atomic E-state index is 12.9. The number of aromatic nitrogens is 1. The number of amides is 3.